The maximum absolute atomic E-state index is 12.9. The Morgan fingerprint density at radius 2 is 2.20 bits per heavy atom. The average molecular weight is 376 g/mol. The van der Waals surface area contributed by atoms with Crippen molar-refractivity contribution in [1.29, 1.82) is 5.26 Å². The molecule has 0 aliphatic carbocycles. The topological polar surface area (TPSA) is 75.2 Å². The third-order valence-electron chi connectivity index (χ3n) is 4.81. The number of benzene rings is 1. The fourth-order valence-corrected chi connectivity index (χ4v) is 3.94. The van der Waals surface area contributed by atoms with Crippen molar-refractivity contribution in [3.05, 3.63) is 45.3 Å². The number of hydrogen-bond acceptors (Lipinski definition) is 3. The summed E-state index contributed by atoms with van der Waals surface area (Å²) < 4.78 is 0. The summed E-state index contributed by atoms with van der Waals surface area (Å²) in [6, 6.07) is 5.50. The van der Waals surface area contributed by atoms with E-state index in [0.29, 0.717) is 35.4 Å². The number of nitriles is 1. The van der Waals surface area contributed by atoms with Crippen molar-refractivity contribution in [2.45, 2.75) is 19.4 Å². The molecule has 25 heavy (non-hydrogen) atoms. The lowest BCUT2D eigenvalue weighted by atomic mass is 9.97. The predicted molar refractivity (Wildman–Crippen MR) is 96.1 cm³/mol. The zero-order valence-electron chi connectivity index (χ0n) is 13.4. The fourth-order valence-electron chi connectivity index (χ4n) is 3.57. The molecule has 1 atom stereocenters. The molecule has 0 fully saturated rings. The van der Waals surface area contributed by atoms with Gasteiger partial charge >= 0.3 is 6.03 Å². The lowest BCUT2D eigenvalue weighted by molar-refractivity contribution is 0.149. The predicted octanol–water partition coefficient (Wildman–Crippen LogP) is 3.74. The number of aromatic nitrogens is 1. The molecule has 128 valence electrons. The highest BCUT2D eigenvalue weighted by atomic mass is 35.5. The number of carbonyl (C=O) groups excluding carboxylic acids is 1. The van der Waals surface area contributed by atoms with E-state index in [4.69, 9.17) is 28.5 Å². The molecule has 1 unspecified atom stereocenters. The van der Waals surface area contributed by atoms with Gasteiger partial charge in [0.1, 0.15) is 11.8 Å². The van der Waals surface area contributed by atoms with E-state index >= 15 is 0 Å². The normalized spacial score (nSPS) is 19.4. The number of hydrogen-bond donors (Lipinski definition) is 2. The monoisotopic (exact) mass is 375 g/mol. The van der Waals surface area contributed by atoms with Crippen molar-refractivity contribution in [2.24, 2.45) is 0 Å². The summed E-state index contributed by atoms with van der Waals surface area (Å²) in [6.07, 6.45) is 2.26. The molecule has 1 aromatic carbocycles. The third kappa shape index (κ3) is 2.43. The summed E-state index contributed by atoms with van der Waals surface area (Å²) >= 11 is 12.4. The first kappa shape index (κ1) is 16.1. The van der Waals surface area contributed by atoms with Crippen LogP contribution in [0.4, 0.5) is 4.79 Å². The van der Waals surface area contributed by atoms with Gasteiger partial charge in [0.25, 0.3) is 0 Å². The molecule has 0 bridgehead atoms. The molecule has 2 amide bonds. The SMILES string of the molecule is CC1c2c([nH]c3c(Cl)c(Cl)ccc23)CCN1C(=O)N1C=C(C#N)NC1. The minimum Gasteiger partial charge on any atom is -0.357 e. The maximum Gasteiger partial charge on any atom is 0.326 e. The number of halogens is 2. The van der Waals surface area contributed by atoms with Gasteiger partial charge in [-0.2, -0.15) is 5.26 Å². The van der Waals surface area contributed by atoms with Crippen molar-refractivity contribution in [1.82, 2.24) is 20.1 Å². The fraction of sp³-hybridized carbons (Fsp3) is 0.294. The zero-order chi connectivity index (χ0) is 17.7. The van der Waals surface area contributed by atoms with E-state index in [2.05, 4.69) is 10.3 Å². The van der Waals surface area contributed by atoms with Crippen LogP contribution in [0, 0.1) is 11.3 Å². The molecule has 3 heterocycles. The molecular formula is C17H15Cl2N5O. The van der Waals surface area contributed by atoms with E-state index < -0.39 is 0 Å². The molecule has 8 heteroatoms. The van der Waals surface area contributed by atoms with Crippen LogP contribution in [0.25, 0.3) is 10.9 Å². The van der Waals surface area contributed by atoms with Crippen LogP contribution in [0.2, 0.25) is 10.0 Å². The third-order valence-corrected chi connectivity index (χ3v) is 5.61. The lowest BCUT2D eigenvalue weighted by Gasteiger charge is -2.35. The molecule has 1 aromatic heterocycles. The Balaban J connectivity index is 1.71. The summed E-state index contributed by atoms with van der Waals surface area (Å²) in [5.74, 6) is 0. The first-order valence-corrected chi connectivity index (χ1v) is 8.68. The van der Waals surface area contributed by atoms with Gasteiger partial charge in [0.15, 0.2) is 0 Å². The quantitative estimate of drug-likeness (QED) is 0.736. The maximum atomic E-state index is 12.9. The minimum atomic E-state index is -0.120. The molecule has 0 saturated heterocycles. The van der Waals surface area contributed by atoms with Crippen molar-refractivity contribution >= 4 is 40.1 Å². The molecule has 2 aliphatic heterocycles. The molecular weight excluding hydrogens is 361 g/mol. The number of urea groups is 1. The van der Waals surface area contributed by atoms with Gasteiger partial charge in [-0.25, -0.2) is 4.79 Å². The summed E-state index contributed by atoms with van der Waals surface area (Å²) in [6.45, 7) is 2.91. The van der Waals surface area contributed by atoms with Crippen LogP contribution < -0.4 is 5.32 Å². The van der Waals surface area contributed by atoms with Gasteiger partial charge in [-0.1, -0.05) is 29.3 Å². The Bertz CT molecular complexity index is 958. The minimum absolute atomic E-state index is 0.109. The van der Waals surface area contributed by atoms with Gasteiger partial charge in [0.2, 0.25) is 0 Å². The van der Waals surface area contributed by atoms with Gasteiger partial charge in [0, 0.05) is 35.8 Å². The first-order chi connectivity index (χ1) is 12.0. The van der Waals surface area contributed by atoms with E-state index in [0.717, 1.165) is 22.2 Å². The second kappa shape index (κ2) is 5.87. The van der Waals surface area contributed by atoms with Gasteiger partial charge < -0.3 is 15.2 Å². The molecule has 2 aromatic rings. The number of carbonyl (C=O) groups is 1. The second-order valence-electron chi connectivity index (χ2n) is 6.16. The van der Waals surface area contributed by atoms with Crippen molar-refractivity contribution in [2.75, 3.05) is 13.2 Å². The van der Waals surface area contributed by atoms with Crippen LogP contribution in [-0.4, -0.2) is 34.0 Å². The summed E-state index contributed by atoms with van der Waals surface area (Å²) in [5, 5.41) is 13.8. The number of H-pyrrole nitrogens is 1. The Kier molecular flexibility index (Phi) is 3.78. The van der Waals surface area contributed by atoms with Crippen LogP contribution >= 0.6 is 23.2 Å². The molecule has 0 radical (unpaired) electrons. The second-order valence-corrected chi connectivity index (χ2v) is 6.95. The summed E-state index contributed by atoms with van der Waals surface area (Å²) in [5.41, 5.74) is 3.37. The Morgan fingerprint density at radius 3 is 2.92 bits per heavy atom. The van der Waals surface area contributed by atoms with E-state index in [-0.39, 0.29) is 12.1 Å². The Hall–Kier alpha value is -2.36. The number of amides is 2. The van der Waals surface area contributed by atoms with Gasteiger partial charge in [-0.3, -0.25) is 4.90 Å². The van der Waals surface area contributed by atoms with Gasteiger partial charge in [-0.15, -0.1) is 0 Å². The first-order valence-electron chi connectivity index (χ1n) is 7.92. The standard InChI is InChI=1S/C17H15Cl2N5O/c1-9-14-11-2-3-12(18)15(19)16(11)22-13(14)4-5-24(9)17(25)23-7-10(6-20)21-8-23/h2-3,7,9,21-22H,4-5,8H2,1H3. The lowest BCUT2D eigenvalue weighted by Crippen LogP contribution is -2.45. The van der Waals surface area contributed by atoms with E-state index in [1.54, 1.807) is 12.3 Å². The number of fused-ring (bicyclic) bond motifs is 3. The van der Waals surface area contributed by atoms with Crippen molar-refractivity contribution < 1.29 is 4.79 Å². The molecule has 2 N–H and O–H groups in total. The largest absolute Gasteiger partial charge is 0.357 e. The highest BCUT2D eigenvalue weighted by molar-refractivity contribution is 6.45. The smallest absolute Gasteiger partial charge is 0.326 e. The van der Waals surface area contributed by atoms with Crippen LogP contribution in [0.5, 0.6) is 0 Å². The number of nitrogens with one attached hydrogen (secondary N) is 2. The van der Waals surface area contributed by atoms with Gasteiger partial charge in [0.05, 0.1) is 28.3 Å². The van der Waals surface area contributed by atoms with E-state index in [9.17, 15) is 4.79 Å². The Morgan fingerprint density at radius 1 is 1.40 bits per heavy atom. The molecule has 6 nitrogen and oxygen atoms in total. The van der Waals surface area contributed by atoms with E-state index in [1.807, 2.05) is 24.0 Å². The number of allylic oxidation sites excluding steroid dienone is 1. The van der Waals surface area contributed by atoms with Crippen LogP contribution in [0.15, 0.2) is 24.0 Å². The van der Waals surface area contributed by atoms with Crippen molar-refractivity contribution in [3.63, 3.8) is 0 Å². The molecule has 0 saturated carbocycles. The Labute approximate surface area is 154 Å². The van der Waals surface area contributed by atoms with E-state index in [1.165, 1.54) is 4.90 Å². The zero-order valence-corrected chi connectivity index (χ0v) is 14.9. The van der Waals surface area contributed by atoms with Crippen LogP contribution in [0.3, 0.4) is 0 Å². The molecule has 0 spiro atoms. The summed E-state index contributed by atoms with van der Waals surface area (Å²) in [4.78, 5) is 19.6. The average Bonchev–Trinajstić information content (AvgIpc) is 3.23. The highest BCUT2D eigenvalue weighted by Crippen LogP contribution is 2.40. The molecule has 4 rings (SSSR count). The highest BCUT2D eigenvalue weighted by Gasteiger charge is 2.34. The van der Waals surface area contributed by atoms with Crippen LogP contribution in [0.1, 0.15) is 24.2 Å². The number of rotatable bonds is 0. The van der Waals surface area contributed by atoms with Crippen molar-refractivity contribution in [3.8, 4) is 6.07 Å². The number of aromatic amines is 1. The van der Waals surface area contributed by atoms with Gasteiger partial charge in [-0.05, 0) is 13.0 Å². The summed E-state index contributed by atoms with van der Waals surface area (Å²) in [7, 11) is 0. The molecule has 2 aliphatic rings. The number of nitrogens with zero attached hydrogens (tertiary/aromatic N) is 3. The van der Waals surface area contributed by atoms with Crippen LogP contribution in [-0.2, 0) is 6.42 Å².